The number of halogens is 3. The number of nitrogens with one attached hydrogen (secondary N) is 2. The predicted octanol–water partition coefficient (Wildman–Crippen LogP) is 3.15. The molecule has 4 heterocycles. The Labute approximate surface area is 337 Å². The molecule has 1 aromatic heterocycles. The van der Waals surface area contributed by atoms with Crippen molar-refractivity contribution in [3.05, 3.63) is 77.5 Å². The maximum absolute atomic E-state index is 13.3. The molecule has 0 bridgehead atoms. The van der Waals surface area contributed by atoms with Gasteiger partial charge in [0.05, 0.1) is 29.7 Å². The van der Waals surface area contributed by atoms with Crippen LogP contribution in [0.3, 0.4) is 0 Å². The van der Waals surface area contributed by atoms with Crippen molar-refractivity contribution in [3.63, 3.8) is 0 Å². The molecule has 3 aliphatic rings. The number of carbonyl (C=O) groups is 3. The Morgan fingerprint density at radius 1 is 1.00 bits per heavy atom. The van der Waals surface area contributed by atoms with E-state index >= 15 is 0 Å². The summed E-state index contributed by atoms with van der Waals surface area (Å²) in [4.78, 5) is 53.0. The fraction of sp³-hybridized carbons (Fsp3) is 0.463. The number of piperidine rings is 1. The molecule has 1 radical (unpaired) electrons. The van der Waals surface area contributed by atoms with Crippen molar-refractivity contribution in [2.45, 2.75) is 38.4 Å². The number of piperazine rings is 2. The molecule has 3 aromatic rings. The van der Waals surface area contributed by atoms with Crippen molar-refractivity contribution in [1.29, 1.82) is 5.26 Å². The van der Waals surface area contributed by atoms with Crippen LogP contribution in [0.15, 0.2) is 60.8 Å². The number of carbonyl (C=O) groups excluding carboxylic acids is 3. The number of nitrogens with zero attached hydrogens (tertiary/aromatic N) is 7. The van der Waals surface area contributed by atoms with Gasteiger partial charge >= 0.3 is 149 Å². The fourth-order valence-electron chi connectivity index (χ4n) is 7.30. The summed E-state index contributed by atoms with van der Waals surface area (Å²) in [6.45, 7) is 11.0. The molecule has 13 nitrogen and oxygen atoms in total. The number of hydrogen-bond acceptors (Lipinski definition) is 10. The number of nitriles is 1. The first-order valence-electron chi connectivity index (χ1n) is 19.5. The number of hydrogen-bond donors (Lipinski definition) is 2. The summed E-state index contributed by atoms with van der Waals surface area (Å²) in [7, 11) is 7.69. The zero-order chi connectivity index (χ0) is 41.4. The van der Waals surface area contributed by atoms with Crippen molar-refractivity contribution in [1.82, 2.24) is 25.0 Å². The van der Waals surface area contributed by atoms with Crippen molar-refractivity contribution < 1.29 is 32.3 Å². The number of alkyl halides is 3. The maximum atomic E-state index is 13.3. The summed E-state index contributed by atoms with van der Waals surface area (Å²) in [5, 5.41) is 14.1. The minimum absolute atomic E-state index is 0.0359. The van der Waals surface area contributed by atoms with E-state index in [-0.39, 0.29) is 36.6 Å². The van der Waals surface area contributed by atoms with E-state index in [1.807, 2.05) is 36.4 Å². The van der Waals surface area contributed by atoms with Gasteiger partial charge in [-0.1, -0.05) is 6.92 Å². The summed E-state index contributed by atoms with van der Waals surface area (Å²) in [6, 6.07) is 15.9. The minimum atomic E-state index is -4.71. The molecule has 305 valence electrons. The first-order valence-corrected chi connectivity index (χ1v) is 19.5. The van der Waals surface area contributed by atoms with E-state index < -0.39 is 29.1 Å². The van der Waals surface area contributed by atoms with Crippen LogP contribution < -0.4 is 25.2 Å². The van der Waals surface area contributed by atoms with Gasteiger partial charge < -0.3 is 15.0 Å². The van der Waals surface area contributed by atoms with Gasteiger partial charge in [-0.25, -0.2) is 0 Å². The van der Waals surface area contributed by atoms with Gasteiger partial charge in [0.25, 0.3) is 0 Å². The Balaban J connectivity index is 0.863. The van der Waals surface area contributed by atoms with E-state index in [2.05, 4.69) is 35.2 Å². The van der Waals surface area contributed by atoms with E-state index in [4.69, 9.17) is 17.5 Å². The van der Waals surface area contributed by atoms with Gasteiger partial charge in [-0.15, -0.1) is 0 Å². The van der Waals surface area contributed by atoms with Gasteiger partial charge in [-0.05, 0) is 42.5 Å². The van der Waals surface area contributed by atoms with Gasteiger partial charge in [0.1, 0.15) is 5.75 Å². The first-order chi connectivity index (χ1) is 27.8. The molecule has 2 atom stereocenters. The predicted molar refractivity (Wildman–Crippen MR) is 216 cm³/mol. The van der Waals surface area contributed by atoms with Gasteiger partial charge in [0.15, 0.2) is 0 Å². The molecule has 0 spiro atoms. The van der Waals surface area contributed by atoms with Crippen LogP contribution in [0, 0.1) is 17.2 Å². The molecular weight excluding hydrogens is 750 g/mol. The van der Waals surface area contributed by atoms with Crippen molar-refractivity contribution in [2.75, 3.05) is 94.2 Å². The number of pyridine rings is 1. The first kappa shape index (κ1) is 42.1. The SMILES string of the molecule is [B]=C1NC(=O)CCC1N(C)C(=O)Cc1ccc(N2CCN(CCN3CCN(c4ccc(OCC(C)C(=O)Nc5ccc(C#N)c(C(F)(F)F)c5)cc4)CC3)CC2)nc1. The van der Waals surface area contributed by atoms with Crippen LogP contribution in [0.25, 0.3) is 0 Å². The van der Waals surface area contributed by atoms with Gasteiger partial charge in [0.2, 0.25) is 5.91 Å². The van der Waals surface area contributed by atoms with E-state index in [9.17, 15) is 27.6 Å². The molecule has 2 N–H and O–H groups in total. The number of amides is 3. The van der Waals surface area contributed by atoms with Crippen LogP contribution in [0.5, 0.6) is 5.75 Å². The molecule has 6 rings (SSSR count). The molecule has 3 aliphatic heterocycles. The van der Waals surface area contributed by atoms with Crippen LogP contribution >= 0.6 is 0 Å². The third kappa shape index (κ3) is 10.9. The fourth-order valence-corrected chi connectivity index (χ4v) is 7.30. The number of aromatic nitrogens is 1. The molecular formula is C41H48BF3N9O4. The average molecular weight is 799 g/mol. The van der Waals surface area contributed by atoms with E-state index in [1.165, 1.54) is 12.1 Å². The van der Waals surface area contributed by atoms with Crippen LogP contribution in [-0.2, 0) is 27.0 Å². The number of anilines is 3. The summed E-state index contributed by atoms with van der Waals surface area (Å²) in [5.74, 6) is 0.146. The van der Waals surface area contributed by atoms with E-state index in [1.54, 1.807) is 25.1 Å². The number of benzene rings is 2. The normalized spacial score (nSPS) is 18.6. The van der Waals surface area contributed by atoms with Crippen molar-refractivity contribution in [2.24, 2.45) is 5.92 Å². The second kappa shape index (κ2) is 18.9. The zero-order valence-electron chi connectivity index (χ0n) is 32.8. The molecule has 3 fully saturated rings. The summed E-state index contributed by atoms with van der Waals surface area (Å²) in [5.41, 5.74) is 0.576. The summed E-state index contributed by atoms with van der Waals surface area (Å²) in [6.07, 6.45) is -1.89. The molecule has 0 aliphatic carbocycles. The Morgan fingerprint density at radius 3 is 2.24 bits per heavy atom. The Morgan fingerprint density at radius 2 is 1.66 bits per heavy atom. The van der Waals surface area contributed by atoms with Crippen LogP contribution in [0.1, 0.15) is 36.5 Å². The standard InChI is InChI=1S/C41H48BF3N9O4/c1-28(40(57)48-31-5-4-30(25-46)34(24-31)41(43,44)45)27-58-33-8-6-32(7-9-33)53-19-15-51(16-20-53)13-14-52-17-21-54(22-18-52)36-11-3-29(26-47-36)23-38(56)50(2)35-10-12-37(55)49-39(35)42/h3-9,11,24,26,28,35H,10,12-23,27H2,1-2H3,(H,48,57)(H,49,55). The third-order valence-corrected chi connectivity index (χ3v) is 11.0. The van der Waals surface area contributed by atoms with Gasteiger partial charge in [-0.2, -0.15) is 18.4 Å². The van der Waals surface area contributed by atoms with Crippen LogP contribution in [0.4, 0.5) is 30.4 Å². The second-order valence-corrected chi connectivity index (χ2v) is 15.0. The van der Waals surface area contributed by atoms with Crippen molar-refractivity contribution in [3.8, 4) is 11.8 Å². The summed E-state index contributed by atoms with van der Waals surface area (Å²) < 4.78 is 45.7. The topological polar surface area (TPSA) is 137 Å². The Kier molecular flexibility index (Phi) is 13.7. The molecule has 2 unspecified atom stereocenters. The number of ether oxygens (including phenoxy) is 1. The zero-order valence-corrected chi connectivity index (χ0v) is 32.8. The third-order valence-electron chi connectivity index (χ3n) is 11.0. The number of likely N-dealkylation sites (N-methyl/N-ethyl adjacent to an activating group) is 1. The summed E-state index contributed by atoms with van der Waals surface area (Å²) >= 11 is 0. The van der Waals surface area contributed by atoms with E-state index in [0.717, 1.165) is 94.6 Å². The van der Waals surface area contributed by atoms with Crippen LogP contribution in [-0.4, -0.2) is 136 Å². The van der Waals surface area contributed by atoms with Gasteiger partial charge in [0, 0.05) is 50.6 Å². The van der Waals surface area contributed by atoms with Crippen LogP contribution in [0.2, 0.25) is 0 Å². The average Bonchev–Trinajstić information content (AvgIpc) is 3.22. The quantitative estimate of drug-likeness (QED) is 0.249. The van der Waals surface area contributed by atoms with Crippen molar-refractivity contribution >= 4 is 48.0 Å². The molecule has 0 saturated carbocycles. The second-order valence-electron chi connectivity index (χ2n) is 15.0. The van der Waals surface area contributed by atoms with E-state index in [0.29, 0.717) is 24.2 Å². The molecule has 58 heavy (non-hydrogen) atoms. The molecule has 2 aromatic carbocycles. The Hall–Kier alpha value is -5.47. The number of rotatable bonds is 13. The monoisotopic (exact) mass is 798 g/mol. The Bertz CT molecular complexity index is 1980. The van der Waals surface area contributed by atoms with Gasteiger partial charge in [-0.3, -0.25) is 14.6 Å². The molecule has 17 heteroatoms. The molecule has 3 amide bonds. The molecule has 3 saturated heterocycles.